The Balaban J connectivity index is 2.12. The molecule has 0 saturated carbocycles. The van der Waals surface area contributed by atoms with Gasteiger partial charge >= 0.3 is 0 Å². The van der Waals surface area contributed by atoms with E-state index in [1.165, 1.54) is 11.8 Å². The van der Waals surface area contributed by atoms with E-state index in [1.54, 1.807) is 0 Å². The van der Waals surface area contributed by atoms with Gasteiger partial charge in [0, 0.05) is 17.9 Å². The lowest BCUT2D eigenvalue weighted by Gasteiger charge is -2.26. The van der Waals surface area contributed by atoms with E-state index in [1.807, 2.05) is 45.0 Å². The van der Waals surface area contributed by atoms with Gasteiger partial charge in [-0.2, -0.15) is 0 Å². The van der Waals surface area contributed by atoms with Crippen LogP contribution in [-0.4, -0.2) is 27.7 Å². The summed E-state index contributed by atoms with van der Waals surface area (Å²) >= 11 is 1.43. The molecule has 2 aromatic rings. The maximum absolute atomic E-state index is 12.7. The number of ether oxygens (including phenoxy) is 1. The quantitative estimate of drug-likeness (QED) is 0.633. The molecule has 2 N–H and O–H groups in total. The molecule has 1 aromatic carbocycles. The number of benzene rings is 1. The Bertz CT molecular complexity index is 848. The second kappa shape index (κ2) is 7.31. The number of nitrogens with one attached hydrogen (secondary N) is 2. The van der Waals surface area contributed by atoms with Crippen LogP contribution in [0, 0.1) is 0 Å². The molecular formula is C18H21N3O3S. The number of rotatable bonds is 5. The molecule has 0 unspecified atom stereocenters. The monoisotopic (exact) mass is 359 g/mol. The summed E-state index contributed by atoms with van der Waals surface area (Å²) in [5.41, 5.74) is 1.10. The predicted molar refractivity (Wildman–Crippen MR) is 98.6 cm³/mol. The number of carbonyl (C=O) groups is 1. The highest BCUT2D eigenvalue weighted by Gasteiger charge is 2.32. The number of carbonyl (C=O) groups excluding carboxylic acids is 1. The van der Waals surface area contributed by atoms with Crippen molar-refractivity contribution in [3.63, 3.8) is 0 Å². The summed E-state index contributed by atoms with van der Waals surface area (Å²) < 4.78 is 5.88. The number of nitrogens with zero attached hydrogens (tertiary/aromatic N) is 1. The molecule has 2 heterocycles. The van der Waals surface area contributed by atoms with Crippen LogP contribution < -0.4 is 15.6 Å². The van der Waals surface area contributed by atoms with Crippen LogP contribution in [0.15, 0.2) is 34.2 Å². The summed E-state index contributed by atoms with van der Waals surface area (Å²) in [6.07, 6.45) is 0.189. The fourth-order valence-corrected chi connectivity index (χ4v) is 3.55. The van der Waals surface area contributed by atoms with Crippen molar-refractivity contribution in [2.45, 2.75) is 44.4 Å². The minimum Gasteiger partial charge on any atom is -0.491 e. The largest absolute Gasteiger partial charge is 0.491 e. The number of fused-ring (bicyclic) bond motifs is 1. The van der Waals surface area contributed by atoms with Crippen molar-refractivity contribution in [3.8, 4) is 5.75 Å². The molecule has 1 aliphatic rings. The zero-order valence-electron chi connectivity index (χ0n) is 14.5. The molecule has 0 fully saturated rings. The van der Waals surface area contributed by atoms with Gasteiger partial charge < -0.3 is 15.0 Å². The highest BCUT2D eigenvalue weighted by molar-refractivity contribution is 7.99. The number of para-hydroxylation sites is 1. The summed E-state index contributed by atoms with van der Waals surface area (Å²) in [5, 5.41) is 3.25. The zero-order valence-corrected chi connectivity index (χ0v) is 15.3. The number of H-pyrrole nitrogens is 1. The summed E-state index contributed by atoms with van der Waals surface area (Å²) in [4.78, 5) is 32.1. The van der Waals surface area contributed by atoms with Crippen LogP contribution in [0.25, 0.3) is 0 Å². The number of amides is 1. The van der Waals surface area contributed by atoms with Crippen molar-refractivity contribution in [2.24, 2.45) is 0 Å². The van der Waals surface area contributed by atoms with E-state index in [0.29, 0.717) is 22.3 Å². The lowest BCUT2D eigenvalue weighted by molar-refractivity contribution is -0.116. The van der Waals surface area contributed by atoms with Gasteiger partial charge in [0.15, 0.2) is 5.16 Å². The molecular weight excluding hydrogens is 338 g/mol. The van der Waals surface area contributed by atoms with E-state index in [9.17, 15) is 9.59 Å². The van der Waals surface area contributed by atoms with Gasteiger partial charge in [0.1, 0.15) is 11.6 Å². The van der Waals surface area contributed by atoms with Gasteiger partial charge in [0.05, 0.1) is 11.7 Å². The lowest BCUT2D eigenvalue weighted by atomic mass is 9.86. The standard InChI is InChI=1S/C18H21N3O3S/c1-4-25-18-20-16-15(17(23)21-18)12(9-14(22)19-16)11-7-5-6-8-13(11)24-10(2)3/h5-8,10,12H,4,9H2,1-3H3,(H2,19,20,21,22,23)/t12-/m0/s1. The third kappa shape index (κ3) is 3.71. The second-order valence-electron chi connectivity index (χ2n) is 6.08. The van der Waals surface area contributed by atoms with Crippen LogP contribution in [0.1, 0.15) is 44.2 Å². The first-order valence-corrected chi connectivity index (χ1v) is 9.30. The molecule has 1 amide bonds. The van der Waals surface area contributed by atoms with E-state index < -0.39 is 0 Å². The first kappa shape index (κ1) is 17.5. The van der Waals surface area contributed by atoms with Gasteiger partial charge in [-0.15, -0.1) is 0 Å². The Morgan fingerprint density at radius 2 is 2.08 bits per heavy atom. The molecule has 25 heavy (non-hydrogen) atoms. The number of aromatic nitrogens is 2. The zero-order chi connectivity index (χ0) is 18.0. The van der Waals surface area contributed by atoms with Crippen molar-refractivity contribution in [1.29, 1.82) is 0 Å². The van der Waals surface area contributed by atoms with Gasteiger partial charge in [-0.3, -0.25) is 9.59 Å². The number of aromatic amines is 1. The lowest BCUT2D eigenvalue weighted by Crippen LogP contribution is -2.31. The highest BCUT2D eigenvalue weighted by atomic mass is 32.2. The third-order valence-corrected chi connectivity index (χ3v) is 4.62. The summed E-state index contributed by atoms with van der Waals surface area (Å²) in [7, 11) is 0. The van der Waals surface area contributed by atoms with E-state index in [2.05, 4.69) is 15.3 Å². The molecule has 1 aromatic heterocycles. The van der Waals surface area contributed by atoms with Crippen molar-refractivity contribution < 1.29 is 9.53 Å². The average Bonchev–Trinajstić information content (AvgIpc) is 2.54. The molecule has 132 valence electrons. The first-order chi connectivity index (χ1) is 12.0. The fourth-order valence-electron chi connectivity index (χ4n) is 2.95. The Morgan fingerprint density at radius 3 is 2.80 bits per heavy atom. The van der Waals surface area contributed by atoms with Crippen molar-refractivity contribution >= 4 is 23.5 Å². The Morgan fingerprint density at radius 1 is 1.32 bits per heavy atom. The molecule has 7 heteroatoms. The van der Waals surface area contributed by atoms with Crippen LogP contribution in [0.5, 0.6) is 5.75 Å². The number of hydrogen-bond acceptors (Lipinski definition) is 5. The van der Waals surface area contributed by atoms with E-state index >= 15 is 0 Å². The molecule has 0 aliphatic carbocycles. The average molecular weight is 359 g/mol. The van der Waals surface area contributed by atoms with Crippen molar-refractivity contribution in [2.75, 3.05) is 11.1 Å². The fraction of sp³-hybridized carbons (Fsp3) is 0.389. The topological polar surface area (TPSA) is 84.1 Å². The minimum atomic E-state index is -0.379. The van der Waals surface area contributed by atoms with Crippen molar-refractivity contribution in [1.82, 2.24) is 9.97 Å². The normalized spacial score (nSPS) is 16.5. The van der Waals surface area contributed by atoms with Gasteiger partial charge in [-0.05, 0) is 25.7 Å². The molecule has 0 bridgehead atoms. The van der Waals surface area contributed by atoms with E-state index in [-0.39, 0.29) is 29.9 Å². The number of hydrogen-bond donors (Lipinski definition) is 2. The molecule has 0 radical (unpaired) electrons. The predicted octanol–water partition coefficient (Wildman–Crippen LogP) is 3.14. The molecule has 1 aliphatic heterocycles. The summed E-state index contributed by atoms with van der Waals surface area (Å²) in [5.74, 6) is 1.29. The minimum absolute atomic E-state index is 0.00206. The van der Waals surface area contributed by atoms with Crippen molar-refractivity contribution in [3.05, 3.63) is 45.7 Å². The van der Waals surface area contributed by atoms with Crippen LogP contribution in [0.4, 0.5) is 5.82 Å². The summed E-state index contributed by atoms with van der Waals surface area (Å²) in [6, 6.07) is 7.54. The molecule has 6 nitrogen and oxygen atoms in total. The van der Waals surface area contributed by atoms with Gasteiger partial charge in [0.2, 0.25) is 5.91 Å². The molecule has 0 spiro atoms. The Hall–Kier alpha value is -2.28. The van der Waals surface area contributed by atoms with Crippen LogP contribution in [0.3, 0.4) is 0 Å². The van der Waals surface area contributed by atoms with Crippen LogP contribution in [0.2, 0.25) is 0 Å². The van der Waals surface area contributed by atoms with Crippen LogP contribution in [-0.2, 0) is 4.79 Å². The van der Waals surface area contributed by atoms with Crippen LogP contribution >= 0.6 is 11.8 Å². The van der Waals surface area contributed by atoms with Gasteiger partial charge in [-0.25, -0.2) is 4.98 Å². The van der Waals surface area contributed by atoms with E-state index in [4.69, 9.17) is 4.74 Å². The van der Waals surface area contributed by atoms with Gasteiger partial charge in [0.25, 0.3) is 5.56 Å². The maximum atomic E-state index is 12.7. The molecule has 3 rings (SSSR count). The number of thioether (sulfide) groups is 1. The number of anilines is 1. The third-order valence-electron chi connectivity index (χ3n) is 3.87. The first-order valence-electron chi connectivity index (χ1n) is 8.32. The Kier molecular flexibility index (Phi) is 5.13. The highest BCUT2D eigenvalue weighted by Crippen LogP contribution is 2.38. The van der Waals surface area contributed by atoms with Gasteiger partial charge in [-0.1, -0.05) is 36.9 Å². The molecule has 0 saturated heterocycles. The van der Waals surface area contributed by atoms with E-state index in [0.717, 1.165) is 11.3 Å². The maximum Gasteiger partial charge on any atom is 0.257 e. The Labute approximate surface area is 150 Å². The second-order valence-corrected chi connectivity index (χ2v) is 7.33. The smallest absolute Gasteiger partial charge is 0.257 e. The summed E-state index contributed by atoms with van der Waals surface area (Å²) in [6.45, 7) is 5.87. The molecule has 1 atom stereocenters. The SMILES string of the molecule is CCSc1nc2c(c(=O)[nH]1)[C@H](c1ccccc1OC(C)C)CC(=O)N2.